The molecule has 0 unspecified atom stereocenters. The molecular formula is C20H18ClN5. The Kier molecular flexibility index (Phi) is 5.06. The van der Waals surface area contributed by atoms with E-state index in [1.54, 1.807) is 12.1 Å². The minimum atomic E-state index is 0.456. The normalized spacial score (nSPS) is 10.3. The lowest BCUT2D eigenvalue weighted by Gasteiger charge is -2.13. The van der Waals surface area contributed by atoms with Crippen molar-refractivity contribution in [1.82, 2.24) is 9.97 Å². The van der Waals surface area contributed by atoms with Crippen molar-refractivity contribution < 1.29 is 0 Å². The molecule has 0 spiro atoms. The monoisotopic (exact) mass is 363 g/mol. The highest BCUT2D eigenvalue weighted by Crippen LogP contribution is 2.30. The zero-order valence-corrected chi connectivity index (χ0v) is 15.5. The SMILES string of the molecule is Cc1cc(C)c(Nc2nc(C)cc(Nc3cccc(C#N)c3)n2)c(Cl)c1. The van der Waals surface area contributed by atoms with Crippen molar-refractivity contribution in [3.05, 3.63) is 69.9 Å². The molecule has 2 N–H and O–H groups in total. The fraction of sp³-hybridized carbons (Fsp3) is 0.150. The molecule has 3 rings (SSSR count). The molecule has 0 saturated carbocycles. The zero-order valence-electron chi connectivity index (χ0n) is 14.8. The number of aryl methyl sites for hydroxylation is 3. The van der Waals surface area contributed by atoms with Crippen LogP contribution >= 0.6 is 11.6 Å². The van der Waals surface area contributed by atoms with E-state index in [0.717, 1.165) is 28.2 Å². The third kappa shape index (κ3) is 4.11. The van der Waals surface area contributed by atoms with Crippen LogP contribution in [0.5, 0.6) is 0 Å². The van der Waals surface area contributed by atoms with Gasteiger partial charge in [-0.3, -0.25) is 0 Å². The third-order valence-corrected chi connectivity index (χ3v) is 4.08. The summed E-state index contributed by atoms with van der Waals surface area (Å²) in [6.07, 6.45) is 0. The van der Waals surface area contributed by atoms with Crippen molar-refractivity contribution in [2.45, 2.75) is 20.8 Å². The van der Waals surface area contributed by atoms with Gasteiger partial charge in [0.25, 0.3) is 0 Å². The lowest BCUT2D eigenvalue weighted by molar-refractivity contribution is 1.10. The molecule has 2 aromatic carbocycles. The average Bonchev–Trinajstić information content (AvgIpc) is 2.58. The first-order valence-corrected chi connectivity index (χ1v) is 8.49. The Morgan fingerprint density at radius 2 is 1.81 bits per heavy atom. The molecule has 0 amide bonds. The van der Waals surface area contributed by atoms with E-state index < -0.39 is 0 Å². The van der Waals surface area contributed by atoms with E-state index in [2.05, 4.69) is 32.7 Å². The average molecular weight is 364 g/mol. The summed E-state index contributed by atoms with van der Waals surface area (Å²) >= 11 is 6.36. The second-order valence-corrected chi connectivity index (χ2v) is 6.51. The highest BCUT2D eigenvalue weighted by Gasteiger charge is 2.09. The van der Waals surface area contributed by atoms with E-state index in [4.69, 9.17) is 16.9 Å². The summed E-state index contributed by atoms with van der Waals surface area (Å²) < 4.78 is 0. The first kappa shape index (κ1) is 17.7. The molecule has 1 aromatic heterocycles. The van der Waals surface area contributed by atoms with Gasteiger partial charge >= 0.3 is 0 Å². The molecular weight excluding hydrogens is 346 g/mol. The Balaban J connectivity index is 1.90. The quantitative estimate of drug-likeness (QED) is 0.647. The topological polar surface area (TPSA) is 73.6 Å². The number of hydrogen-bond acceptors (Lipinski definition) is 5. The minimum absolute atomic E-state index is 0.456. The van der Waals surface area contributed by atoms with Gasteiger partial charge in [0.2, 0.25) is 5.95 Å². The predicted octanol–water partition coefficient (Wildman–Crippen LogP) is 5.41. The molecule has 0 fully saturated rings. The van der Waals surface area contributed by atoms with Crippen LogP contribution in [0, 0.1) is 32.1 Å². The van der Waals surface area contributed by atoms with Gasteiger partial charge < -0.3 is 10.6 Å². The van der Waals surface area contributed by atoms with Gasteiger partial charge in [-0.2, -0.15) is 10.2 Å². The summed E-state index contributed by atoms with van der Waals surface area (Å²) in [6, 6.07) is 15.2. The predicted molar refractivity (Wildman–Crippen MR) is 105 cm³/mol. The van der Waals surface area contributed by atoms with Crippen LogP contribution in [0.2, 0.25) is 5.02 Å². The molecule has 0 aliphatic rings. The summed E-state index contributed by atoms with van der Waals surface area (Å²) in [7, 11) is 0. The maximum Gasteiger partial charge on any atom is 0.229 e. The molecule has 0 saturated heterocycles. The van der Waals surface area contributed by atoms with E-state index in [0.29, 0.717) is 22.4 Å². The van der Waals surface area contributed by atoms with Gasteiger partial charge in [0, 0.05) is 17.4 Å². The van der Waals surface area contributed by atoms with Gasteiger partial charge in [-0.1, -0.05) is 23.7 Å². The molecule has 26 heavy (non-hydrogen) atoms. The summed E-state index contributed by atoms with van der Waals surface area (Å²) in [4.78, 5) is 8.95. The van der Waals surface area contributed by atoms with E-state index in [1.165, 1.54) is 0 Å². The van der Waals surface area contributed by atoms with Crippen LogP contribution in [0.15, 0.2) is 42.5 Å². The molecule has 1 heterocycles. The van der Waals surface area contributed by atoms with Crippen LogP contribution in [0.4, 0.5) is 23.1 Å². The zero-order chi connectivity index (χ0) is 18.7. The van der Waals surface area contributed by atoms with Crippen molar-refractivity contribution in [2.75, 3.05) is 10.6 Å². The molecule has 0 radical (unpaired) electrons. The van der Waals surface area contributed by atoms with E-state index in [-0.39, 0.29) is 0 Å². The number of rotatable bonds is 4. The standard InChI is InChI=1S/C20H18ClN5/c1-12-7-13(2)19(17(21)8-12)26-20-23-14(3)9-18(25-20)24-16-6-4-5-15(10-16)11-22/h4-10H,1-3H3,(H2,23,24,25,26). The Bertz CT molecular complexity index is 984. The van der Waals surface area contributed by atoms with Crippen LogP contribution in [0.3, 0.4) is 0 Å². The van der Waals surface area contributed by atoms with Crippen LogP contribution in [0.25, 0.3) is 0 Å². The molecule has 130 valence electrons. The van der Waals surface area contributed by atoms with Gasteiger partial charge in [0.15, 0.2) is 0 Å². The number of nitriles is 1. The number of benzene rings is 2. The molecule has 0 aliphatic heterocycles. The van der Waals surface area contributed by atoms with Gasteiger partial charge in [0.05, 0.1) is 22.3 Å². The van der Waals surface area contributed by atoms with Crippen LogP contribution in [-0.4, -0.2) is 9.97 Å². The van der Waals surface area contributed by atoms with E-state index in [1.807, 2.05) is 45.0 Å². The molecule has 6 heteroatoms. The fourth-order valence-electron chi connectivity index (χ4n) is 2.69. The molecule has 0 bridgehead atoms. The first-order chi connectivity index (χ1) is 12.4. The third-order valence-electron chi connectivity index (χ3n) is 3.79. The van der Waals surface area contributed by atoms with Crippen molar-refractivity contribution >= 4 is 34.7 Å². The molecule has 5 nitrogen and oxygen atoms in total. The number of nitrogens with zero attached hydrogens (tertiary/aromatic N) is 3. The maximum atomic E-state index is 9.03. The van der Waals surface area contributed by atoms with Gasteiger partial charge in [-0.15, -0.1) is 0 Å². The second kappa shape index (κ2) is 7.42. The highest BCUT2D eigenvalue weighted by atomic mass is 35.5. The van der Waals surface area contributed by atoms with Crippen LogP contribution < -0.4 is 10.6 Å². The molecule has 0 aliphatic carbocycles. The summed E-state index contributed by atoms with van der Waals surface area (Å²) in [5.41, 5.74) is 5.10. The fourth-order valence-corrected chi connectivity index (χ4v) is 3.06. The van der Waals surface area contributed by atoms with Crippen molar-refractivity contribution in [3.8, 4) is 6.07 Å². The Hall–Kier alpha value is -3.10. The number of nitrogens with one attached hydrogen (secondary N) is 2. The maximum absolute atomic E-state index is 9.03. The lowest BCUT2D eigenvalue weighted by Crippen LogP contribution is -2.04. The van der Waals surface area contributed by atoms with E-state index in [9.17, 15) is 0 Å². The molecule has 0 atom stereocenters. The first-order valence-electron chi connectivity index (χ1n) is 8.11. The minimum Gasteiger partial charge on any atom is -0.340 e. The largest absolute Gasteiger partial charge is 0.340 e. The summed E-state index contributed by atoms with van der Waals surface area (Å²) in [6.45, 7) is 5.89. The second-order valence-electron chi connectivity index (χ2n) is 6.10. The van der Waals surface area contributed by atoms with Gasteiger partial charge in [-0.25, -0.2) is 4.98 Å². The van der Waals surface area contributed by atoms with E-state index >= 15 is 0 Å². The van der Waals surface area contributed by atoms with Crippen LogP contribution in [-0.2, 0) is 0 Å². The smallest absolute Gasteiger partial charge is 0.229 e. The van der Waals surface area contributed by atoms with Crippen LogP contribution in [0.1, 0.15) is 22.4 Å². The Morgan fingerprint density at radius 1 is 1.00 bits per heavy atom. The van der Waals surface area contributed by atoms with Crippen molar-refractivity contribution in [1.29, 1.82) is 5.26 Å². The summed E-state index contributed by atoms with van der Waals surface area (Å²) in [5, 5.41) is 16.1. The number of anilines is 4. The number of halogens is 1. The molecule has 3 aromatic rings. The highest BCUT2D eigenvalue weighted by molar-refractivity contribution is 6.33. The Morgan fingerprint density at radius 3 is 2.54 bits per heavy atom. The number of hydrogen-bond donors (Lipinski definition) is 2. The van der Waals surface area contributed by atoms with Crippen molar-refractivity contribution in [2.24, 2.45) is 0 Å². The lowest BCUT2D eigenvalue weighted by atomic mass is 10.1. The van der Waals surface area contributed by atoms with Gasteiger partial charge in [-0.05, 0) is 56.2 Å². The number of aromatic nitrogens is 2. The summed E-state index contributed by atoms with van der Waals surface area (Å²) in [5.74, 6) is 1.09. The Labute approximate surface area is 157 Å². The van der Waals surface area contributed by atoms with Crippen molar-refractivity contribution in [3.63, 3.8) is 0 Å². The van der Waals surface area contributed by atoms with Gasteiger partial charge in [0.1, 0.15) is 5.82 Å².